The SMILES string of the molecule is O=C(O)c1ccc(OCc2ccccc2F)cc1[N+](=O)[O-]. The molecule has 0 saturated carbocycles. The van der Waals surface area contributed by atoms with Crippen LogP contribution in [0.1, 0.15) is 15.9 Å². The highest BCUT2D eigenvalue weighted by Crippen LogP contribution is 2.25. The van der Waals surface area contributed by atoms with Gasteiger partial charge in [-0.3, -0.25) is 10.1 Å². The maximum atomic E-state index is 13.4. The standard InChI is InChI=1S/C14H10FNO5/c15-12-4-2-1-3-9(12)8-21-10-5-6-11(14(17)18)13(7-10)16(19)20/h1-7H,8H2,(H,17,18). The van der Waals surface area contributed by atoms with Crippen molar-refractivity contribution in [3.63, 3.8) is 0 Å². The molecule has 0 aromatic heterocycles. The topological polar surface area (TPSA) is 89.7 Å². The van der Waals surface area contributed by atoms with Crippen LogP contribution in [0.5, 0.6) is 5.75 Å². The molecule has 0 radical (unpaired) electrons. The number of carbonyl (C=O) groups is 1. The number of hydrogen-bond donors (Lipinski definition) is 1. The Morgan fingerprint density at radius 3 is 2.62 bits per heavy atom. The van der Waals surface area contributed by atoms with E-state index in [4.69, 9.17) is 9.84 Å². The van der Waals surface area contributed by atoms with E-state index >= 15 is 0 Å². The summed E-state index contributed by atoms with van der Waals surface area (Å²) in [4.78, 5) is 20.9. The minimum atomic E-state index is -1.40. The second-order valence-electron chi connectivity index (χ2n) is 4.12. The second kappa shape index (κ2) is 6.00. The Morgan fingerprint density at radius 1 is 1.29 bits per heavy atom. The molecule has 0 bridgehead atoms. The smallest absolute Gasteiger partial charge is 0.342 e. The molecular weight excluding hydrogens is 281 g/mol. The van der Waals surface area contributed by atoms with Crippen molar-refractivity contribution < 1.29 is 24.0 Å². The van der Waals surface area contributed by atoms with Crippen LogP contribution < -0.4 is 4.74 Å². The van der Waals surface area contributed by atoms with Crippen LogP contribution in [-0.2, 0) is 6.61 Å². The normalized spacial score (nSPS) is 10.1. The number of nitrogens with zero attached hydrogens (tertiary/aromatic N) is 1. The average Bonchev–Trinajstić information content (AvgIpc) is 2.46. The average molecular weight is 291 g/mol. The maximum absolute atomic E-state index is 13.4. The van der Waals surface area contributed by atoms with E-state index in [1.807, 2.05) is 0 Å². The number of rotatable bonds is 5. The Hall–Kier alpha value is -2.96. The first-order chi connectivity index (χ1) is 9.99. The monoisotopic (exact) mass is 291 g/mol. The molecule has 0 atom stereocenters. The third kappa shape index (κ3) is 3.33. The molecule has 2 aromatic rings. The van der Waals surface area contributed by atoms with Crippen molar-refractivity contribution >= 4 is 11.7 Å². The van der Waals surface area contributed by atoms with Gasteiger partial charge in [0.05, 0.1) is 11.0 Å². The summed E-state index contributed by atoms with van der Waals surface area (Å²) in [6, 6.07) is 9.34. The Morgan fingerprint density at radius 2 is 2.00 bits per heavy atom. The maximum Gasteiger partial charge on any atom is 0.342 e. The Kier molecular flexibility index (Phi) is 4.13. The van der Waals surface area contributed by atoms with Crippen molar-refractivity contribution in [3.05, 3.63) is 69.5 Å². The largest absolute Gasteiger partial charge is 0.489 e. The van der Waals surface area contributed by atoms with E-state index in [0.717, 1.165) is 12.1 Å². The van der Waals surface area contributed by atoms with E-state index in [1.165, 1.54) is 24.3 Å². The lowest BCUT2D eigenvalue weighted by Crippen LogP contribution is -2.04. The zero-order valence-electron chi connectivity index (χ0n) is 10.7. The predicted octanol–water partition coefficient (Wildman–Crippen LogP) is 3.01. The quantitative estimate of drug-likeness (QED) is 0.675. The highest BCUT2D eigenvalue weighted by atomic mass is 19.1. The predicted molar refractivity (Wildman–Crippen MR) is 70.8 cm³/mol. The van der Waals surface area contributed by atoms with Gasteiger partial charge in [0.15, 0.2) is 0 Å². The van der Waals surface area contributed by atoms with Gasteiger partial charge in [0.1, 0.15) is 23.7 Å². The summed E-state index contributed by atoms with van der Waals surface area (Å²) in [6.07, 6.45) is 0. The van der Waals surface area contributed by atoms with Gasteiger partial charge in [-0.15, -0.1) is 0 Å². The molecule has 0 spiro atoms. The first kappa shape index (κ1) is 14.4. The Labute approximate surface area is 118 Å². The summed E-state index contributed by atoms with van der Waals surface area (Å²) >= 11 is 0. The number of aromatic carboxylic acids is 1. The highest BCUT2D eigenvalue weighted by molar-refractivity contribution is 5.92. The number of hydrogen-bond acceptors (Lipinski definition) is 4. The van der Waals surface area contributed by atoms with E-state index < -0.39 is 28.0 Å². The molecule has 0 fully saturated rings. The lowest BCUT2D eigenvalue weighted by atomic mass is 10.1. The number of nitro groups is 1. The molecule has 0 aliphatic rings. The number of ether oxygens (including phenoxy) is 1. The molecular formula is C14H10FNO5. The van der Waals surface area contributed by atoms with Crippen LogP contribution in [0.15, 0.2) is 42.5 Å². The van der Waals surface area contributed by atoms with Crippen molar-refractivity contribution in [1.82, 2.24) is 0 Å². The van der Waals surface area contributed by atoms with E-state index in [9.17, 15) is 19.3 Å². The summed E-state index contributed by atoms with van der Waals surface area (Å²) in [6.45, 7) is -0.115. The van der Waals surface area contributed by atoms with Crippen LogP contribution >= 0.6 is 0 Å². The molecule has 21 heavy (non-hydrogen) atoms. The van der Waals surface area contributed by atoms with E-state index in [0.29, 0.717) is 5.56 Å². The summed E-state index contributed by atoms with van der Waals surface area (Å²) in [5, 5.41) is 19.7. The zero-order chi connectivity index (χ0) is 15.4. The Bertz CT molecular complexity index is 702. The van der Waals surface area contributed by atoms with Gasteiger partial charge >= 0.3 is 5.97 Å². The molecule has 108 valence electrons. The van der Waals surface area contributed by atoms with Gasteiger partial charge in [-0.2, -0.15) is 0 Å². The molecule has 0 amide bonds. The van der Waals surface area contributed by atoms with Crippen molar-refractivity contribution in [2.75, 3.05) is 0 Å². The number of carboxylic acids is 1. The van der Waals surface area contributed by atoms with Crippen LogP contribution in [-0.4, -0.2) is 16.0 Å². The molecule has 0 heterocycles. The van der Waals surface area contributed by atoms with Crippen molar-refractivity contribution in [2.24, 2.45) is 0 Å². The molecule has 6 nitrogen and oxygen atoms in total. The van der Waals surface area contributed by atoms with E-state index in [1.54, 1.807) is 6.07 Å². The molecule has 0 aliphatic heterocycles. The minimum absolute atomic E-state index is 0.0925. The van der Waals surface area contributed by atoms with Crippen molar-refractivity contribution in [1.29, 1.82) is 0 Å². The van der Waals surface area contributed by atoms with Gasteiger partial charge in [-0.25, -0.2) is 9.18 Å². The summed E-state index contributed by atoms with van der Waals surface area (Å²) in [7, 11) is 0. The molecule has 0 saturated heterocycles. The third-order valence-electron chi connectivity index (χ3n) is 2.75. The molecule has 2 rings (SSSR count). The fourth-order valence-corrected chi connectivity index (χ4v) is 1.71. The summed E-state index contributed by atoms with van der Waals surface area (Å²) < 4.78 is 18.7. The van der Waals surface area contributed by atoms with Gasteiger partial charge in [0.2, 0.25) is 0 Å². The second-order valence-corrected chi connectivity index (χ2v) is 4.12. The number of benzene rings is 2. The van der Waals surface area contributed by atoms with Gasteiger partial charge in [0.25, 0.3) is 5.69 Å². The molecule has 2 aromatic carbocycles. The summed E-state index contributed by atoms with van der Waals surface area (Å²) in [5.74, 6) is -1.76. The van der Waals surface area contributed by atoms with Gasteiger partial charge in [0, 0.05) is 5.56 Å². The summed E-state index contributed by atoms with van der Waals surface area (Å²) in [5.41, 5.74) is -0.714. The van der Waals surface area contributed by atoms with E-state index in [-0.39, 0.29) is 12.4 Å². The van der Waals surface area contributed by atoms with Gasteiger partial charge < -0.3 is 9.84 Å². The number of carboxylic acid groups (broad SMARTS) is 1. The fourth-order valence-electron chi connectivity index (χ4n) is 1.71. The van der Waals surface area contributed by atoms with Gasteiger partial charge in [-0.1, -0.05) is 18.2 Å². The number of nitro benzene ring substituents is 1. The highest BCUT2D eigenvalue weighted by Gasteiger charge is 2.20. The molecule has 7 heteroatoms. The van der Waals surface area contributed by atoms with Crippen molar-refractivity contribution in [2.45, 2.75) is 6.61 Å². The third-order valence-corrected chi connectivity index (χ3v) is 2.75. The lowest BCUT2D eigenvalue weighted by molar-refractivity contribution is -0.385. The Balaban J connectivity index is 2.22. The van der Waals surface area contributed by atoms with Crippen LogP contribution in [0.25, 0.3) is 0 Å². The van der Waals surface area contributed by atoms with Crippen molar-refractivity contribution in [3.8, 4) is 5.75 Å². The van der Waals surface area contributed by atoms with Gasteiger partial charge in [-0.05, 0) is 18.2 Å². The fraction of sp³-hybridized carbons (Fsp3) is 0.0714. The minimum Gasteiger partial charge on any atom is -0.489 e. The van der Waals surface area contributed by atoms with Crippen LogP contribution in [0.4, 0.5) is 10.1 Å². The zero-order valence-corrected chi connectivity index (χ0v) is 10.7. The van der Waals surface area contributed by atoms with E-state index in [2.05, 4.69) is 0 Å². The first-order valence-electron chi connectivity index (χ1n) is 5.87. The molecule has 1 N–H and O–H groups in total. The van der Waals surface area contributed by atoms with Crippen LogP contribution in [0.3, 0.4) is 0 Å². The number of halogens is 1. The van der Waals surface area contributed by atoms with Crippen LogP contribution in [0.2, 0.25) is 0 Å². The molecule has 0 unspecified atom stereocenters. The van der Waals surface area contributed by atoms with Crippen LogP contribution in [0, 0.1) is 15.9 Å². The molecule has 0 aliphatic carbocycles. The lowest BCUT2D eigenvalue weighted by Gasteiger charge is -2.07. The first-order valence-corrected chi connectivity index (χ1v) is 5.87.